The van der Waals surface area contributed by atoms with Gasteiger partial charge in [-0.2, -0.15) is 0 Å². The molecule has 0 saturated carbocycles. The van der Waals surface area contributed by atoms with E-state index in [0.29, 0.717) is 29.6 Å². The second-order valence-corrected chi connectivity index (χ2v) is 5.23. The molecule has 0 radical (unpaired) electrons. The van der Waals surface area contributed by atoms with Crippen LogP contribution >= 0.6 is 11.8 Å². The summed E-state index contributed by atoms with van der Waals surface area (Å²) < 4.78 is 10.9. The van der Waals surface area contributed by atoms with Gasteiger partial charge in [-0.3, -0.25) is 14.5 Å². The van der Waals surface area contributed by atoms with Gasteiger partial charge in [0.25, 0.3) is 11.1 Å². The third-order valence-corrected chi connectivity index (χ3v) is 3.90. The zero-order chi connectivity index (χ0) is 15.4. The van der Waals surface area contributed by atoms with Crippen molar-refractivity contribution < 1.29 is 19.1 Å². The summed E-state index contributed by atoms with van der Waals surface area (Å²) in [5.74, 6) is 0.906. The largest absolute Gasteiger partial charge is 0.493 e. The van der Waals surface area contributed by atoms with Crippen LogP contribution in [0.1, 0.15) is 19.4 Å². The maximum atomic E-state index is 12.1. The molecule has 1 fully saturated rings. The number of hydrogen-bond acceptors (Lipinski definition) is 5. The third-order valence-electron chi connectivity index (χ3n) is 2.99. The van der Waals surface area contributed by atoms with E-state index in [9.17, 15) is 9.59 Å². The van der Waals surface area contributed by atoms with Crippen LogP contribution in [0.2, 0.25) is 0 Å². The molecule has 112 valence electrons. The molecule has 1 heterocycles. The molecule has 0 spiro atoms. The predicted octanol–water partition coefficient (Wildman–Crippen LogP) is 3.15. The van der Waals surface area contributed by atoms with E-state index in [1.165, 1.54) is 4.90 Å². The Hall–Kier alpha value is -1.95. The lowest BCUT2D eigenvalue weighted by molar-refractivity contribution is -0.122. The second-order valence-electron chi connectivity index (χ2n) is 4.24. The van der Waals surface area contributed by atoms with Crippen molar-refractivity contribution >= 4 is 29.0 Å². The van der Waals surface area contributed by atoms with Crippen molar-refractivity contribution in [3.8, 4) is 11.5 Å². The molecule has 1 aliphatic heterocycles. The first-order valence-corrected chi connectivity index (χ1v) is 7.49. The Balaban J connectivity index is 2.41. The van der Waals surface area contributed by atoms with Crippen molar-refractivity contribution in [2.75, 3.05) is 20.3 Å². The van der Waals surface area contributed by atoms with Crippen LogP contribution in [0.15, 0.2) is 23.1 Å². The highest BCUT2D eigenvalue weighted by atomic mass is 32.2. The molecule has 2 rings (SSSR count). The summed E-state index contributed by atoms with van der Waals surface area (Å²) in [6.45, 7) is 4.51. The Morgan fingerprint density at radius 3 is 2.62 bits per heavy atom. The second kappa shape index (κ2) is 6.67. The minimum Gasteiger partial charge on any atom is -0.493 e. The third kappa shape index (κ3) is 3.05. The predicted molar refractivity (Wildman–Crippen MR) is 82.5 cm³/mol. The van der Waals surface area contributed by atoms with Crippen LogP contribution in [-0.2, 0) is 4.79 Å². The van der Waals surface area contributed by atoms with E-state index in [-0.39, 0.29) is 11.1 Å². The Labute approximate surface area is 127 Å². The van der Waals surface area contributed by atoms with Crippen LogP contribution in [-0.4, -0.2) is 36.3 Å². The van der Waals surface area contributed by atoms with Crippen LogP contribution < -0.4 is 9.47 Å². The molecule has 1 aliphatic rings. The number of rotatable bonds is 5. The number of ether oxygens (including phenoxy) is 2. The van der Waals surface area contributed by atoms with Crippen molar-refractivity contribution in [2.45, 2.75) is 13.8 Å². The SMILES string of the molecule is CCOc1c(/C=C2/SC(=O)N(CC)C2=O)cccc1OC. The number of thioether (sulfide) groups is 1. The zero-order valence-electron chi connectivity index (χ0n) is 12.2. The Kier molecular flexibility index (Phi) is 4.90. The lowest BCUT2D eigenvalue weighted by Gasteiger charge is -2.12. The number of benzene rings is 1. The molecule has 2 amide bonds. The van der Waals surface area contributed by atoms with Crippen molar-refractivity contribution in [1.82, 2.24) is 4.90 Å². The van der Waals surface area contributed by atoms with Crippen LogP contribution in [0.3, 0.4) is 0 Å². The standard InChI is InChI=1S/C15H17NO4S/c1-4-16-14(17)12(21-15(16)18)9-10-7-6-8-11(19-3)13(10)20-5-2/h6-9H,4-5H2,1-3H3/b12-9+. The van der Waals surface area contributed by atoms with Gasteiger partial charge < -0.3 is 9.47 Å². The van der Waals surface area contributed by atoms with E-state index < -0.39 is 0 Å². The highest BCUT2D eigenvalue weighted by Gasteiger charge is 2.33. The number of carbonyl (C=O) groups is 2. The normalized spacial score (nSPS) is 16.7. The van der Waals surface area contributed by atoms with Gasteiger partial charge in [-0.05, 0) is 37.8 Å². The molecule has 6 heteroatoms. The smallest absolute Gasteiger partial charge is 0.293 e. The molecule has 0 aliphatic carbocycles. The summed E-state index contributed by atoms with van der Waals surface area (Å²) >= 11 is 0.944. The molecule has 21 heavy (non-hydrogen) atoms. The first-order valence-electron chi connectivity index (χ1n) is 6.67. The molecule has 0 atom stereocenters. The summed E-state index contributed by atoms with van der Waals surface area (Å²) in [5.41, 5.74) is 0.720. The van der Waals surface area contributed by atoms with E-state index in [4.69, 9.17) is 9.47 Å². The molecular formula is C15H17NO4S. The number of amides is 2. The quantitative estimate of drug-likeness (QED) is 0.782. The number of likely N-dealkylation sites (N-methyl/N-ethyl adjacent to an activating group) is 1. The Morgan fingerprint density at radius 1 is 1.29 bits per heavy atom. The van der Waals surface area contributed by atoms with Crippen molar-refractivity contribution in [2.24, 2.45) is 0 Å². The molecule has 0 aromatic heterocycles. The maximum absolute atomic E-state index is 12.1. The van der Waals surface area contributed by atoms with E-state index >= 15 is 0 Å². The Bertz CT molecular complexity index is 597. The average molecular weight is 307 g/mol. The zero-order valence-corrected chi connectivity index (χ0v) is 13.0. The van der Waals surface area contributed by atoms with Crippen molar-refractivity contribution in [3.63, 3.8) is 0 Å². The van der Waals surface area contributed by atoms with Gasteiger partial charge >= 0.3 is 0 Å². The number of para-hydroxylation sites is 1. The lowest BCUT2D eigenvalue weighted by Crippen LogP contribution is -2.27. The molecular weight excluding hydrogens is 290 g/mol. The maximum Gasteiger partial charge on any atom is 0.293 e. The average Bonchev–Trinajstić information content (AvgIpc) is 2.75. The summed E-state index contributed by atoms with van der Waals surface area (Å²) in [7, 11) is 1.56. The lowest BCUT2D eigenvalue weighted by atomic mass is 10.1. The van der Waals surface area contributed by atoms with E-state index in [1.807, 2.05) is 19.1 Å². The van der Waals surface area contributed by atoms with Crippen LogP contribution in [0.5, 0.6) is 11.5 Å². The number of hydrogen-bond donors (Lipinski definition) is 0. The van der Waals surface area contributed by atoms with E-state index in [0.717, 1.165) is 17.3 Å². The Morgan fingerprint density at radius 2 is 2.05 bits per heavy atom. The highest BCUT2D eigenvalue weighted by Crippen LogP contribution is 2.37. The molecule has 1 aromatic carbocycles. The fraction of sp³-hybridized carbons (Fsp3) is 0.333. The number of carbonyl (C=O) groups excluding carboxylic acids is 2. The van der Waals surface area contributed by atoms with Gasteiger partial charge in [0.2, 0.25) is 0 Å². The number of nitrogens with zero attached hydrogens (tertiary/aromatic N) is 1. The van der Waals surface area contributed by atoms with Crippen LogP contribution in [0.4, 0.5) is 4.79 Å². The summed E-state index contributed by atoms with van der Waals surface area (Å²) in [6.07, 6.45) is 1.67. The fourth-order valence-electron chi connectivity index (χ4n) is 2.02. The van der Waals surface area contributed by atoms with Crippen molar-refractivity contribution in [1.29, 1.82) is 0 Å². The summed E-state index contributed by atoms with van der Waals surface area (Å²) in [5, 5.41) is -0.241. The minimum absolute atomic E-state index is 0.241. The first kappa shape index (κ1) is 15.4. The number of imide groups is 1. The highest BCUT2D eigenvalue weighted by molar-refractivity contribution is 8.18. The van der Waals surface area contributed by atoms with Gasteiger partial charge in [-0.25, -0.2) is 0 Å². The van der Waals surface area contributed by atoms with E-state index in [1.54, 1.807) is 26.2 Å². The van der Waals surface area contributed by atoms with Gasteiger partial charge in [0.1, 0.15) is 0 Å². The van der Waals surface area contributed by atoms with Gasteiger partial charge in [0, 0.05) is 12.1 Å². The van der Waals surface area contributed by atoms with Gasteiger partial charge in [0.15, 0.2) is 11.5 Å². The molecule has 1 saturated heterocycles. The van der Waals surface area contributed by atoms with Gasteiger partial charge in [-0.15, -0.1) is 0 Å². The molecule has 0 unspecified atom stereocenters. The van der Waals surface area contributed by atoms with Gasteiger partial charge in [-0.1, -0.05) is 12.1 Å². The van der Waals surface area contributed by atoms with Crippen molar-refractivity contribution in [3.05, 3.63) is 28.7 Å². The monoisotopic (exact) mass is 307 g/mol. The minimum atomic E-state index is -0.266. The van der Waals surface area contributed by atoms with Crippen LogP contribution in [0.25, 0.3) is 6.08 Å². The molecule has 0 bridgehead atoms. The molecule has 5 nitrogen and oxygen atoms in total. The topological polar surface area (TPSA) is 55.8 Å². The molecule has 1 aromatic rings. The van der Waals surface area contributed by atoms with E-state index in [2.05, 4.69) is 0 Å². The number of methoxy groups -OCH3 is 1. The summed E-state index contributed by atoms with van der Waals surface area (Å²) in [6, 6.07) is 5.44. The fourth-order valence-corrected chi connectivity index (χ4v) is 2.91. The van der Waals surface area contributed by atoms with Crippen LogP contribution in [0, 0.1) is 0 Å². The van der Waals surface area contributed by atoms with Gasteiger partial charge in [0.05, 0.1) is 18.6 Å². The summed E-state index contributed by atoms with van der Waals surface area (Å²) in [4.78, 5) is 25.5. The molecule has 0 N–H and O–H groups in total. The first-order chi connectivity index (χ1) is 10.1.